The van der Waals surface area contributed by atoms with Crippen LogP contribution >= 0.6 is 0 Å². The first-order chi connectivity index (χ1) is 18.8. The number of aryl methyl sites for hydroxylation is 1. The van der Waals surface area contributed by atoms with E-state index in [2.05, 4.69) is 34.1 Å². The van der Waals surface area contributed by atoms with Crippen molar-refractivity contribution < 1.29 is 19.1 Å². The van der Waals surface area contributed by atoms with Crippen molar-refractivity contribution in [2.24, 2.45) is 13.0 Å². The number of carbonyl (C=O) groups excluding carboxylic acids is 3. The summed E-state index contributed by atoms with van der Waals surface area (Å²) in [7, 11) is 3.34. The first kappa shape index (κ1) is 26.2. The van der Waals surface area contributed by atoms with Gasteiger partial charge in [0.15, 0.2) is 0 Å². The predicted octanol–water partition coefficient (Wildman–Crippen LogP) is 5.09. The number of carbonyl (C=O) groups is 3. The van der Waals surface area contributed by atoms with E-state index < -0.39 is 24.0 Å². The lowest BCUT2D eigenvalue weighted by molar-refractivity contribution is -0.145. The summed E-state index contributed by atoms with van der Waals surface area (Å²) in [5.41, 5.74) is 5.45. The van der Waals surface area contributed by atoms with Crippen LogP contribution in [0.1, 0.15) is 47.8 Å². The molecule has 1 aliphatic heterocycles. The fraction of sp³-hybridized carbons (Fsp3) is 0.281. The van der Waals surface area contributed by atoms with Crippen molar-refractivity contribution in [2.45, 2.75) is 32.4 Å². The highest BCUT2D eigenvalue weighted by Gasteiger charge is 2.41. The second-order valence-corrected chi connectivity index (χ2v) is 10.4. The lowest BCUT2D eigenvalue weighted by Gasteiger charge is -2.27. The molecule has 0 aliphatic carbocycles. The summed E-state index contributed by atoms with van der Waals surface area (Å²) in [6, 6.07) is 24.5. The minimum absolute atomic E-state index is 0.170. The molecule has 0 radical (unpaired) electrons. The van der Waals surface area contributed by atoms with Gasteiger partial charge in [0.05, 0.1) is 18.8 Å². The van der Waals surface area contributed by atoms with Crippen LogP contribution in [0.25, 0.3) is 22.2 Å². The number of hydrogen-bond donors (Lipinski definition) is 1. The molecule has 1 N–H and O–H groups in total. The second kappa shape index (κ2) is 10.8. The van der Waals surface area contributed by atoms with Gasteiger partial charge in [0.2, 0.25) is 5.91 Å². The maximum absolute atomic E-state index is 13.8. The monoisotopic (exact) mass is 523 g/mol. The zero-order valence-electron chi connectivity index (χ0n) is 22.7. The standard InChI is InChI=1S/C32H33N3O4/c1-20(2)18-25(32(38)39-4)33-27(36)19-35-30(22-14-8-9-15-23(22)31(35)37)28-24-16-10-11-17-26(24)34(3)29(28)21-12-6-5-7-13-21/h5-17,20,25,30H,18-19H2,1-4H3,(H,33,36). The lowest BCUT2D eigenvalue weighted by atomic mass is 9.93. The average molecular weight is 524 g/mol. The Kier molecular flexibility index (Phi) is 7.24. The quantitative estimate of drug-likeness (QED) is 0.326. The molecule has 2 heterocycles. The van der Waals surface area contributed by atoms with Gasteiger partial charge in [-0.2, -0.15) is 0 Å². The molecule has 5 rings (SSSR count). The Bertz CT molecular complexity index is 1540. The maximum atomic E-state index is 13.8. The number of benzene rings is 3. The molecule has 0 fully saturated rings. The predicted molar refractivity (Wildman–Crippen MR) is 151 cm³/mol. The van der Waals surface area contributed by atoms with Gasteiger partial charge in [0, 0.05) is 29.1 Å². The van der Waals surface area contributed by atoms with E-state index in [0.29, 0.717) is 12.0 Å². The highest BCUT2D eigenvalue weighted by atomic mass is 16.5. The van der Waals surface area contributed by atoms with E-state index in [1.165, 1.54) is 7.11 Å². The number of para-hydroxylation sites is 1. The molecular formula is C32H33N3O4. The van der Waals surface area contributed by atoms with Crippen molar-refractivity contribution >= 4 is 28.7 Å². The molecule has 0 spiro atoms. The molecule has 0 saturated carbocycles. The molecule has 1 aromatic heterocycles. The van der Waals surface area contributed by atoms with E-state index in [1.807, 2.05) is 75.5 Å². The molecule has 200 valence electrons. The maximum Gasteiger partial charge on any atom is 0.328 e. The van der Waals surface area contributed by atoms with E-state index >= 15 is 0 Å². The molecule has 7 heteroatoms. The van der Waals surface area contributed by atoms with E-state index in [0.717, 1.165) is 33.3 Å². The third-order valence-electron chi connectivity index (χ3n) is 7.37. The van der Waals surface area contributed by atoms with Crippen LogP contribution in [0.4, 0.5) is 0 Å². The third-order valence-corrected chi connectivity index (χ3v) is 7.37. The summed E-state index contributed by atoms with van der Waals surface area (Å²) in [5.74, 6) is -0.941. The van der Waals surface area contributed by atoms with Crippen molar-refractivity contribution in [1.29, 1.82) is 0 Å². The number of nitrogens with zero attached hydrogens (tertiary/aromatic N) is 2. The summed E-state index contributed by atoms with van der Waals surface area (Å²) in [4.78, 5) is 41.2. The second-order valence-electron chi connectivity index (χ2n) is 10.4. The molecule has 3 aromatic carbocycles. The van der Waals surface area contributed by atoms with Crippen molar-refractivity contribution in [2.75, 3.05) is 13.7 Å². The van der Waals surface area contributed by atoms with Gasteiger partial charge in [0.25, 0.3) is 5.91 Å². The Labute approximate surface area is 228 Å². The molecular weight excluding hydrogens is 490 g/mol. The molecule has 7 nitrogen and oxygen atoms in total. The van der Waals surface area contributed by atoms with Gasteiger partial charge in [-0.05, 0) is 35.6 Å². The van der Waals surface area contributed by atoms with Crippen molar-refractivity contribution in [3.63, 3.8) is 0 Å². The fourth-order valence-electron chi connectivity index (χ4n) is 5.71. The summed E-state index contributed by atoms with van der Waals surface area (Å²) in [6.45, 7) is 3.76. The smallest absolute Gasteiger partial charge is 0.328 e. The highest BCUT2D eigenvalue weighted by molar-refractivity contribution is 6.04. The van der Waals surface area contributed by atoms with Gasteiger partial charge in [-0.15, -0.1) is 0 Å². The van der Waals surface area contributed by atoms with Gasteiger partial charge in [-0.1, -0.05) is 80.6 Å². The number of nitrogens with one attached hydrogen (secondary N) is 1. The van der Waals surface area contributed by atoms with Gasteiger partial charge in [-0.25, -0.2) is 4.79 Å². The fourth-order valence-corrected chi connectivity index (χ4v) is 5.71. The van der Waals surface area contributed by atoms with Crippen molar-refractivity contribution in [3.05, 3.63) is 95.6 Å². The Morgan fingerprint density at radius 1 is 0.949 bits per heavy atom. The molecule has 1 aliphatic rings. The normalized spacial score (nSPS) is 15.5. The summed E-state index contributed by atoms with van der Waals surface area (Å²) < 4.78 is 7.08. The number of fused-ring (bicyclic) bond motifs is 2. The Morgan fingerprint density at radius 3 is 2.33 bits per heavy atom. The van der Waals surface area contributed by atoms with Gasteiger partial charge >= 0.3 is 5.97 Å². The van der Waals surface area contributed by atoms with Crippen LogP contribution in [0, 0.1) is 5.92 Å². The lowest BCUT2D eigenvalue weighted by Crippen LogP contribution is -2.47. The number of hydrogen-bond acceptors (Lipinski definition) is 4. The molecule has 0 saturated heterocycles. The topological polar surface area (TPSA) is 80.6 Å². The largest absolute Gasteiger partial charge is 0.467 e. The number of ether oxygens (including phenoxy) is 1. The van der Waals surface area contributed by atoms with Crippen molar-refractivity contribution in [1.82, 2.24) is 14.8 Å². The Morgan fingerprint density at radius 2 is 1.62 bits per heavy atom. The van der Waals surface area contributed by atoms with Crippen LogP contribution in [-0.4, -0.2) is 46.9 Å². The van der Waals surface area contributed by atoms with Gasteiger partial charge in [0.1, 0.15) is 12.6 Å². The SMILES string of the molecule is COC(=O)C(CC(C)C)NC(=O)CN1C(=O)c2ccccc2C1c1c(-c2ccccc2)n(C)c2ccccc12. The van der Waals surface area contributed by atoms with E-state index in [-0.39, 0.29) is 18.4 Å². The number of rotatable bonds is 8. The first-order valence-corrected chi connectivity index (χ1v) is 13.2. The van der Waals surface area contributed by atoms with Crippen LogP contribution in [-0.2, 0) is 21.4 Å². The number of methoxy groups -OCH3 is 1. The zero-order chi connectivity index (χ0) is 27.7. The summed E-state index contributed by atoms with van der Waals surface area (Å²) in [5, 5.41) is 3.84. The third kappa shape index (κ3) is 4.80. The molecule has 2 amide bonds. The molecule has 0 bridgehead atoms. The summed E-state index contributed by atoms with van der Waals surface area (Å²) in [6.07, 6.45) is 0.442. The molecule has 4 aromatic rings. The van der Waals surface area contributed by atoms with Crippen LogP contribution in [0.2, 0.25) is 0 Å². The molecule has 2 atom stereocenters. The van der Waals surface area contributed by atoms with Crippen LogP contribution < -0.4 is 5.32 Å². The number of amides is 2. The number of esters is 1. The van der Waals surface area contributed by atoms with E-state index in [4.69, 9.17) is 4.74 Å². The van der Waals surface area contributed by atoms with Crippen LogP contribution in [0.3, 0.4) is 0 Å². The average Bonchev–Trinajstić information content (AvgIpc) is 3.38. The minimum atomic E-state index is -0.779. The molecule has 39 heavy (non-hydrogen) atoms. The summed E-state index contributed by atoms with van der Waals surface area (Å²) >= 11 is 0. The first-order valence-electron chi connectivity index (χ1n) is 13.2. The van der Waals surface area contributed by atoms with Gasteiger partial charge in [-0.3, -0.25) is 9.59 Å². The van der Waals surface area contributed by atoms with Gasteiger partial charge < -0.3 is 19.5 Å². The van der Waals surface area contributed by atoms with Crippen LogP contribution in [0.5, 0.6) is 0 Å². The van der Waals surface area contributed by atoms with Crippen molar-refractivity contribution in [3.8, 4) is 11.3 Å². The van der Waals surface area contributed by atoms with Crippen LogP contribution in [0.15, 0.2) is 78.9 Å². The Balaban J connectivity index is 1.62. The Hall–Kier alpha value is -4.39. The highest BCUT2D eigenvalue weighted by Crippen LogP contribution is 2.46. The van der Waals surface area contributed by atoms with E-state index in [9.17, 15) is 14.4 Å². The molecule has 2 unspecified atom stereocenters. The van der Waals surface area contributed by atoms with E-state index in [1.54, 1.807) is 4.90 Å². The zero-order valence-corrected chi connectivity index (χ0v) is 22.7. The minimum Gasteiger partial charge on any atom is -0.467 e. The number of aromatic nitrogens is 1.